The molecule has 5 heteroatoms. The van der Waals surface area contributed by atoms with Crippen molar-refractivity contribution in [3.8, 4) is 0 Å². The number of rotatable bonds is 10. The van der Waals surface area contributed by atoms with E-state index in [9.17, 15) is 0 Å². The molecule has 1 unspecified atom stereocenters. The molecule has 2 N–H and O–H groups in total. The molecule has 0 aromatic rings. The van der Waals surface area contributed by atoms with E-state index in [2.05, 4.69) is 34.4 Å². The van der Waals surface area contributed by atoms with Crippen LogP contribution in [0.25, 0.3) is 0 Å². The Morgan fingerprint density at radius 2 is 2.00 bits per heavy atom. The Morgan fingerprint density at radius 1 is 1.23 bits per heavy atom. The van der Waals surface area contributed by atoms with E-state index in [4.69, 9.17) is 4.74 Å². The number of nitrogens with one attached hydrogen (secondary N) is 2. The topological polar surface area (TPSA) is 48.9 Å². The van der Waals surface area contributed by atoms with Crippen LogP contribution in [0.15, 0.2) is 4.99 Å². The van der Waals surface area contributed by atoms with Gasteiger partial charge in [-0.25, -0.2) is 0 Å². The minimum atomic E-state index is 0.829. The number of unbranched alkanes of at least 4 members (excludes halogenated alkanes) is 1. The molecule has 0 amide bonds. The van der Waals surface area contributed by atoms with Crippen molar-refractivity contribution in [3.63, 3.8) is 0 Å². The van der Waals surface area contributed by atoms with E-state index in [1.165, 1.54) is 32.4 Å². The van der Waals surface area contributed by atoms with Gasteiger partial charge in [-0.1, -0.05) is 20.3 Å². The zero-order valence-corrected chi connectivity index (χ0v) is 14.9. The molecule has 1 saturated heterocycles. The second kappa shape index (κ2) is 12.7. The second-order valence-electron chi connectivity index (χ2n) is 6.29. The molecule has 1 rings (SSSR count). The summed E-state index contributed by atoms with van der Waals surface area (Å²) in [5, 5.41) is 6.75. The van der Waals surface area contributed by atoms with E-state index in [0.717, 1.165) is 57.6 Å². The lowest BCUT2D eigenvalue weighted by Crippen LogP contribution is -2.44. The van der Waals surface area contributed by atoms with E-state index < -0.39 is 0 Å². The highest BCUT2D eigenvalue weighted by atomic mass is 16.5. The number of ether oxygens (including phenoxy) is 1. The lowest BCUT2D eigenvalue weighted by molar-refractivity contribution is 0.129. The fraction of sp³-hybridized carbons (Fsp3) is 0.941. The van der Waals surface area contributed by atoms with Crippen LogP contribution in [0, 0.1) is 5.92 Å². The summed E-state index contributed by atoms with van der Waals surface area (Å²) >= 11 is 0. The first kappa shape index (κ1) is 19.2. The highest BCUT2D eigenvalue weighted by Gasteiger charge is 2.15. The van der Waals surface area contributed by atoms with Crippen LogP contribution in [0.3, 0.4) is 0 Å². The third kappa shape index (κ3) is 9.26. The molecule has 1 fully saturated rings. The van der Waals surface area contributed by atoms with E-state index in [-0.39, 0.29) is 0 Å². The first-order valence-corrected chi connectivity index (χ1v) is 9.00. The van der Waals surface area contributed by atoms with Gasteiger partial charge in [-0.15, -0.1) is 0 Å². The van der Waals surface area contributed by atoms with Gasteiger partial charge in [-0.3, -0.25) is 4.99 Å². The van der Waals surface area contributed by atoms with Crippen molar-refractivity contribution in [2.24, 2.45) is 10.9 Å². The third-order valence-corrected chi connectivity index (χ3v) is 4.09. The molecular formula is C17H36N4O. The molecule has 0 spiro atoms. The van der Waals surface area contributed by atoms with Crippen LogP contribution >= 0.6 is 0 Å². The van der Waals surface area contributed by atoms with Crippen molar-refractivity contribution < 1.29 is 4.74 Å². The Hall–Kier alpha value is -0.810. The standard InChI is InChI=1S/C17H36N4O/c1-4-5-13-22-14-7-9-19-17(18-3)20-10-12-21-11-6-8-16(2)15-21/h16H,4-15H2,1-3H3,(H2,18,19,20). The van der Waals surface area contributed by atoms with Gasteiger partial charge in [0, 0.05) is 46.4 Å². The monoisotopic (exact) mass is 312 g/mol. The smallest absolute Gasteiger partial charge is 0.191 e. The number of hydrogen-bond donors (Lipinski definition) is 2. The summed E-state index contributed by atoms with van der Waals surface area (Å²) < 4.78 is 5.55. The van der Waals surface area contributed by atoms with Crippen LogP contribution in [-0.4, -0.2) is 63.8 Å². The van der Waals surface area contributed by atoms with Gasteiger partial charge in [-0.2, -0.15) is 0 Å². The average Bonchev–Trinajstić information content (AvgIpc) is 2.52. The lowest BCUT2D eigenvalue weighted by atomic mass is 10.0. The van der Waals surface area contributed by atoms with Crippen molar-refractivity contribution in [2.45, 2.75) is 46.0 Å². The van der Waals surface area contributed by atoms with E-state index in [1.54, 1.807) is 0 Å². The van der Waals surface area contributed by atoms with Crippen molar-refractivity contribution in [1.29, 1.82) is 0 Å². The predicted molar refractivity (Wildman–Crippen MR) is 94.5 cm³/mol. The van der Waals surface area contributed by atoms with E-state index in [0.29, 0.717) is 0 Å². The number of piperidine rings is 1. The maximum absolute atomic E-state index is 5.55. The average molecular weight is 313 g/mol. The number of aliphatic imine (C=N–C) groups is 1. The zero-order valence-electron chi connectivity index (χ0n) is 14.9. The van der Waals surface area contributed by atoms with Crippen LogP contribution in [0.4, 0.5) is 0 Å². The molecule has 130 valence electrons. The molecule has 0 bridgehead atoms. The Labute approximate surface area is 136 Å². The molecule has 0 saturated carbocycles. The molecule has 0 aromatic carbocycles. The number of guanidine groups is 1. The van der Waals surface area contributed by atoms with Gasteiger partial charge < -0.3 is 20.3 Å². The summed E-state index contributed by atoms with van der Waals surface area (Å²) in [4.78, 5) is 6.82. The van der Waals surface area contributed by atoms with Gasteiger partial charge >= 0.3 is 0 Å². The molecule has 1 heterocycles. The predicted octanol–water partition coefficient (Wildman–Crippen LogP) is 2.09. The normalized spacial score (nSPS) is 20.1. The van der Waals surface area contributed by atoms with Crippen molar-refractivity contribution in [3.05, 3.63) is 0 Å². The molecule has 1 aliphatic heterocycles. The summed E-state index contributed by atoms with van der Waals surface area (Å²) in [6.45, 7) is 11.7. The van der Waals surface area contributed by atoms with Crippen molar-refractivity contribution in [1.82, 2.24) is 15.5 Å². The van der Waals surface area contributed by atoms with Crippen LogP contribution in [0.2, 0.25) is 0 Å². The molecule has 1 atom stereocenters. The summed E-state index contributed by atoms with van der Waals surface area (Å²) in [5.41, 5.74) is 0. The van der Waals surface area contributed by atoms with Gasteiger partial charge in [0.2, 0.25) is 0 Å². The maximum Gasteiger partial charge on any atom is 0.191 e. The summed E-state index contributed by atoms with van der Waals surface area (Å²) in [7, 11) is 1.83. The largest absolute Gasteiger partial charge is 0.381 e. The Bertz CT molecular complexity index is 296. The van der Waals surface area contributed by atoms with Gasteiger partial charge in [-0.05, 0) is 38.1 Å². The third-order valence-electron chi connectivity index (χ3n) is 4.09. The van der Waals surface area contributed by atoms with Gasteiger partial charge in [0.1, 0.15) is 0 Å². The van der Waals surface area contributed by atoms with Gasteiger partial charge in [0.15, 0.2) is 5.96 Å². The number of hydrogen-bond acceptors (Lipinski definition) is 3. The fourth-order valence-corrected chi connectivity index (χ4v) is 2.77. The number of likely N-dealkylation sites (tertiary alicyclic amines) is 1. The molecule has 22 heavy (non-hydrogen) atoms. The maximum atomic E-state index is 5.55. The first-order chi connectivity index (χ1) is 10.8. The summed E-state index contributed by atoms with van der Waals surface area (Å²) in [6.07, 6.45) is 6.10. The molecule has 5 nitrogen and oxygen atoms in total. The highest BCUT2D eigenvalue weighted by molar-refractivity contribution is 5.79. The second-order valence-corrected chi connectivity index (χ2v) is 6.29. The highest BCUT2D eigenvalue weighted by Crippen LogP contribution is 2.14. The van der Waals surface area contributed by atoms with Crippen molar-refractivity contribution in [2.75, 3.05) is 53.0 Å². The Balaban J connectivity index is 2.00. The molecule has 0 radical (unpaired) electrons. The minimum absolute atomic E-state index is 0.829. The van der Waals surface area contributed by atoms with Crippen LogP contribution in [0.1, 0.15) is 46.0 Å². The number of nitrogens with zero attached hydrogens (tertiary/aromatic N) is 2. The van der Waals surface area contributed by atoms with Crippen molar-refractivity contribution >= 4 is 5.96 Å². The van der Waals surface area contributed by atoms with E-state index >= 15 is 0 Å². The quantitative estimate of drug-likeness (QED) is 0.368. The fourth-order valence-electron chi connectivity index (χ4n) is 2.77. The van der Waals surface area contributed by atoms with Crippen LogP contribution < -0.4 is 10.6 Å². The van der Waals surface area contributed by atoms with E-state index in [1.807, 2.05) is 7.05 Å². The molecule has 1 aliphatic rings. The summed E-state index contributed by atoms with van der Waals surface area (Å²) in [5.74, 6) is 1.75. The SMILES string of the molecule is CCCCOCCCNC(=NC)NCCN1CCCC(C)C1. The lowest BCUT2D eigenvalue weighted by Gasteiger charge is -2.30. The zero-order chi connectivity index (χ0) is 16.0. The molecule has 0 aliphatic carbocycles. The van der Waals surface area contributed by atoms with Crippen LogP contribution in [-0.2, 0) is 4.74 Å². The molecule has 0 aromatic heterocycles. The Morgan fingerprint density at radius 3 is 2.73 bits per heavy atom. The van der Waals surface area contributed by atoms with Crippen LogP contribution in [0.5, 0.6) is 0 Å². The van der Waals surface area contributed by atoms with Gasteiger partial charge in [0.25, 0.3) is 0 Å². The summed E-state index contributed by atoms with van der Waals surface area (Å²) in [6, 6.07) is 0. The minimum Gasteiger partial charge on any atom is -0.381 e. The van der Waals surface area contributed by atoms with Gasteiger partial charge in [0.05, 0.1) is 0 Å². The molecular weight excluding hydrogens is 276 g/mol. The first-order valence-electron chi connectivity index (χ1n) is 9.00. The Kier molecular flexibility index (Phi) is 11.1.